The number of hydrogen-bond donors (Lipinski definition) is 1. The van der Waals surface area contributed by atoms with E-state index in [4.69, 9.17) is 4.74 Å². The van der Waals surface area contributed by atoms with Crippen molar-refractivity contribution < 1.29 is 14.6 Å². The third-order valence-electron chi connectivity index (χ3n) is 4.10. The summed E-state index contributed by atoms with van der Waals surface area (Å²) in [5.74, 6) is -0.692. The highest BCUT2D eigenvalue weighted by Gasteiger charge is 2.43. The molecule has 0 saturated heterocycles. The van der Waals surface area contributed by atoms with Gasteiger partial charge in [0, 0.05) is 11.8 Å². The molecule has 2 heterocycles. The maximum atomic E-state index is 12.6. The van der Waals surface area contributed by atoms with Crippen LogP contribution in [0.4, 0.5) is 0 Å². The summed E-state index contributed by atoms with van der Waals surface area (Å²) in [4.78, 5) is 24.4. The molecule has 1 aromatic carbocycles. The van der Waals surface area contributed by atoms with Crippen LogP contribution in [-0.2, 0) is 28.3 Å². The largest absolute Gasteiger partial charge is 0.458 e. The highest BCUT2D eigenvalue weighted by Crippen LogP contribution is 2.32. The second-order valence-electron chi connectivity index (χ2n) is 5.42. The quantitative estimate of drug-likeness (QED) is 0.873. The number of carbonyl (C=O) groups excluding carboxylic acids is 1. The van der Waals surface area contributed by atoms with Crippen molar-refractivity contribution in [3.8, 4) is 0 Å². The van der Waals surface area contributed by atoms with Gasteiger partial charge >= 0.3 is 5.97 Å². The summed E-state index contributed by atoms with van der Waals surface area (Å²) in [5, 5.41) is 10.5. The normalized spacial score (nSPS) is 20.4. The van der Waals surface area contributed by atoms with Gasteiger partial charge in [-0.3, -0.25) is 4.79 Å². The van der Waals surface area contributed by atoms with E-state index >= 15 is 0 Å². The Bertz CT molecular complexity index is 766. The van der Waals surface area contributed by atoms with E-state index in [0.717, 1.165) is 5.56 Å². The van der Waals surface area contributed by atoms with Crippen molar-refractivity contribution in [1.29, 1.82) is 0 Å². The Morgan fingerprint density at radius 3 is 2.64 bits per heavy atom. The number of carbonyl (C=O) groups is 1. The molecule has 0 amide bonds. The lowest BCUT2D eigenvalue weighted by molar-refractivity contribution is -0.172. The van der Waals surface area contributed by atoms with E-state index < -0.39 is 11.6 Å². The summed E-state index contributed by atoms with van der Waals surface area (Å²) in [7, 11) is 0. The zero-order valence-electron chi connectivity index (χ0n) is 12.3. The van der Waals surface area contributed by atoms with Crippen molar-refractivity contribution in [1.82, 2.24) is 4.57 Å². The first-order chi connectivity index (χ1) is 10.6. The van der Waals surface area contributed by atoms with Gasteiger partial charge in [0.25, 0.3) is 5.56 Å². The fraction of sp³-hybridized carbons (Fsp3) is 0.294. The van der Waals surface area contributed by atoms with Crippen LogP contribution in [0.15, 0.2) is 47.4 Å². The Morgan fingerprint density at radius 2 is 1.95 bits per heavy atom. The molecule has 0 spiro atoms. The topological polar surface area (TPSA) is 68.5 Å². The molecule has 1 aliphatic rings. The molecule has 1 aliphatic heterocycles. The van der Waals surface area contributed by atoms with Crippen LogP contribution < -0.4 is 5.56 Å². The van der Waals surface area contributed by atoms with Gasteiger partial charge in [0.05, 0.1) is 12.1 Å². The van der Waals surface area contributed by atoms with Gasteiger partial charge in [-0.05, 0) is 18.1 Å². The van der Waals surface area contributed by atoms with Gasteiger partial charge in [-0.25, -0.2) is 4.79 Å². The summed E-state index contributed by atoms with van der Waals surface area (Å²) in [5.41, 5.74) is -0.245. The van der Waals surface area contributed by atoms with Gasteiger partial charge in [0.2, 0.25) is 0 Å². The van der Waals surface area contributed by atoms with Crippen LogP contribution in [-0.4, -0.2) is 15.6 Å². The summed E-state index contributed by atoms with van der Waals surface area (Å²) < 4.78 is 6.55. The molecule has 0 aliphatic carbocycles. The zero-order valence-corrected chi connectivity index (χ0v) is 12.3. The molecule has 1 aromatic heterocycles. The third-order valence-corrected chi connectivity index (χ3v) is 4.10. The summed E-state index contributed by atoms with van der Waals surface area (Å²) in [6, 6.07) is 11.3. The molecule has 0 bridgehead atoms. The number of aromatic nitrogens is 1. The van der Waals surface area contributed by atoms with E-state index in [-0.39, 0.29) is 18.6 Å². The first-order valence-electron chi connectivity index (χ1n) is 7.22. The van der Waals surface area contributed by atoms with Gasteiger partial charge in [0.1, 0.15) is 6.61 Å². The number of esters is 1. The summed E-state index contributed by atoms with van der Waals surface area (Å²) in [6.07, 6.45) is 1.79. The van der Waals surface area contributed by atoms with Gasteiger partial charge in [-0.2, -0.15) is 0 Å². The molecule has 5 nitrogen and oxygen atoms in total. The van der Waals surface area contributed by atoms with Crippen molar-refractivity contribution in [3.63, 3.8) is 0 Å². The average molecular weight is 299 g/mol. The number of aliphatic hydroxyl groups is 1. The molecule has 114 valence electrons. The van der Waals surface area contributed by atoms with E-state index in [1.54, 1.807) is 23.8 Å². The van der Waals surface area contributed by atoms with Crippen molar-refractivity contribution in [3.05, 3.63) is 69.6 Å². The highest BCUT2D eigenvalue weighted by atomic mass is 16.6. The van der Waals surface area contributed by atoms with Gasteiger partial charge in [-0.15, -0.1) is 0 Å². The highest BCUT2D eigenvalue weighted by molar-refractivity contribution is 5.82. The Morgan fingerprint density at radius 1 is 1.23 bits per heavy atom. The Kier molecular flexibility index (Phi) is 3.58. The predicted molar refractivity (Wildman–Crippen MR) is 80.2 cm³/mol. The minimum absolute atomic E-state index is 0.0923. The smallest absolute Gasteiger partial charge is 0.343 e. The van der Waals surface area contributed by atoms with Crippen molar-refractivity contribution in [2.75, 3.05) is 0 Å². The number of hydrogen-bond acceptors (Lipinski definition) is 4. The second-order valence-corrected chi connectivity index (χ2v) is 5.42. The molecule has 3 rings (SSSR count). The molecule has 0 fully saturated rings. The van der Waals surface area contributed by atoms with Crippen molar-refractivity contribution >= 4 is 5.97 Å². The van der Waals surface area contributed by atoms with E-state index in [2.05, 4.69) is 0 Å². The molecule has 22 heavy (non-hydrogen) atoms. The van der Waals surface area contributed by atoms with Crippen LogP contribution in [0.1, 0.15) is 30.0 Å². The van der Waals surface area contributed by atoms with E-state index in [9.17, 15) is 14.7 Å². The number of rotatable bonds is 3. The fourth-order valence-electron chi connectivity index (χ4n) is 2.75. The fourth-order valence-corrected chi connectivity index (χ4v) is 2.75. The maximum absolute atomic E-state index is 12.6. The lowest BCUT2D eigenvalue weighted by Gasteiger charge is -2.31. The number of nitrogens with zero attached hydrogens (tertiary/aromatic N) is 1. The average Bonchev–Trinajstić information content (AvgIpc) is 2.54. The first-order valence-corrected chi connectivity index (χ1v) is 7.22. The number of cyclic esters (lactones) is 1. The van der Waals surface area contributed by atoms with Crippen LogP contribution in [0.5, 0.6) is 0 Å². The van der Waals surface area contributed by atoms with Crippen molar-refractivity contribution in [2.45, 2.75) is 32.1 Å². The molecule has 0 saturated carbocycles. The molecule has 0 radical (unpaired) electrons. The molecule has 1 N–H and O–H groups in total. The molecule has 0 unspecified atom stereocenters. The molecule has 5 heteroatoms. The zero-order chi connectivity index (χ0) is 15.7. The van der Waals surface area contributed by atoms with Crippen LogP contribution in [0, 0.1) is 0 Å². The van der Waals surface area contributed by atoms with E-state index in [0.29, 0.717) is 17.7 Å². The third kappa shape index (κ3) is 2.23. The van der Waals surface area contributed by atoms with Gasteiger partial charge in [-0.1, -0.05) is 37.3 Å². The van der Waals surface area contributed by atoms with Crippen LogP contribution in [0.3, 0.4) is 0 Å². The van der Waals surface area contributed by atoms with E-state index in [1.165, 1.54) is 0 Å². The van der Waals surface area contributed by atoms with Crippen LogP contribution in [0.25, 0.3) is 0 Å². The maximum Gasteiger partial charge on any atom is 0.343 e. The molecular formula is C17H17NO4. The van der Waals surface area contributed by atoms with Crippen LogP contribution >= 0.6 is 0 Å². The number of benzene rings is 1. The van der Waals surface area contributed by atoms with Crippen LogP contribution in [0.2, 0.25) is 0 Å². The lowest BCUT2D eigenvalue weighted by Crippen LogP contribution is -2.44. The Labute approximate surface area is 127 Å². The predicted octanol–water partition coefficient (Wildman–Crippen LogP) is 1.55. The number of ether oxygens (including phenoxy) is 1. The SMILES string of the molecule is CC[C@@]1(O)C(=O)OCc2c1ccn(Cc1ccccc1)c2=O. The molecule has 2 aromatic rings. The lowest BCUT2D eigenvalue weighted by atomic mass is 9.87. The second kappa shape index (κ2) is 5.42. The monoisotopic (exact) mass is 299 g/mol. The summed E-state index contributed by atoms with van der Waals surface area (Å²) >= 11 is 0. The Hall–Kier alpha value is -2.40. The standard InChI is InChI=1S/C17H17NO4/c1-2-17(21)14-8-9-18(10-12-6-4-3-5-7-12)15(19)13(14)11-22-16(17)20/h3-9,21H,2,10-11H2,1H3/t17-/m0/s1. The first kappa shape index (κ1) is 14.5. The van der Waals surface area contributed by atoms with E-state index in [1.807, 2.05) is 30.3 Å². The number of fused-ring (bicyclic) bond motifs is 1. The Balaban J connectivity index is 2.05. The minimum atomic E-state index is -1.72. The number of pyridine rings is 1. The van der Waals surface area contributed by atoms with Crippen molar-refractivity contribution in [2.24, 2.45) is 0 Å². The minimum Gasteiger partial charge on any atom is -0.458 e. The van der Waals surface area contributed by atoms with Gasteiger partial charge < -0.3 is 14.4 Å². The molecule has 1 atom stereocenters. The summed E-state index contributed by atoms with van der Waals surface area (Å²) in [6.45, 7) is 2.03. The van der Waals surface area contributed by atoms with Gasteiger partial charge in [0.15, 0.2) is 5.60 Å². The molecular weight excluding hydrogens is 282 g/mol.